The first-order chi connectivity index (χ1) is 14.4. The molecule has 1 fully saturated rings. The maximum atomic E-state index is 13.0. The van der Waals surface area contributed by atoms with Gasteiger partial charge in [-0.25, -0.2) is 28.1 Å². The number of likely N-dealkylation sites (tertiary alicyclic amines) is 1. The largest absolute Gasteiger partial charge is 0.338 e. The summed E-state index contributed by atoms with van der Waals surface area (Å²) in [6, 6.07) is 9.84. The number of carbonyl (C=O) groups is 1. The summed E-state index contributed by atoms with van der Waals surface area (Å²) in [5.74, 6) is 0.412. The van der Waals surface area contributed by atoms with Crippen molar-refractivity contribution in [2.24, 2.45) is 0 Å². The van der Waals surface area contributed by atoms with Crippen LogP contribution in [0.3, 0.4) is 0 Å². The number of hydrogen-bond donors (Lipinski definition) is 1. The Labute approximate surface area is 179 Å². The van der Waals surface area contributed by atoms with Gasteiger partial charge in [0.2, 0.25) is 10.0 Å². The fraction of sp³-hybridized carbons (Fsp3) is 0.300. The first kappa shape index (κ1) is 20.6. The number of hydrogen-bond acceptors (Lipinski definition) is 7. The van der Waals surface area contributed by atoms with Crippen LogP contribution in [0.4, 0.5) is 0 Å². The molecule has 0 saturated carbocycles. The van der Waals surface area contributed by atoms with Gasteiger partial charge in [0.05, 0.1) is 10.6 Å². The van der Waals surface area contributed by atoms with E-state index >= 15 is 0 Å². The van der Waals surface area contributed by atoms with Crippen molar-refractivity contribution in [1.29, 1.82) is 0 Å². The van der Waals surface area contributed by atoms with Gasteiger partial charge in [-0.15, -0.1) is 11.3 Å². The summed E-state index contributed by atoms with van der Waals surface area (Å²) in [5.41, 5.74) is 0.652. The van der Waals surface area contributed by atoms with Crippen molar-refractivity contribution in [3.8, 4) is 10.8 Å². The highest BCUT2D eigenvalue weighted by atomic mass is 32.2. The molecule has 2 aromatic heterocycles. The number of thiazole rings is 1. The summed E-state index contributed by atoms with van der Waals surface area (Å²) in [7, 11) is -3.56. The number of amides is 1. The van der Waals surface area contributed by atoms with Crippen LogP contribution in [-0.2, 0) is 10.0 Å². The van der Waals surface area contributed by atoms with Crippen molar-refractivity contribution < 1.29 is 13.2 Å². The van der Waals surface area contributed by atoms with Crippen LogP contribution in [0.5, 0.6) is 0 Å². The van der Waals surface area contributed by atoms with Crippen molar-refractivity contribution in [3.05, 3.63) is 59.4 Å². The number of nitrogens with one attached hydrogen (secondary N) is 1. The Balaban J connectivity index is 1.40. The van der Waals surface area contributed by atoms with E-state index in [2.05, 4.69) is 19.7 Å². The number of sulfonamides is 1. The molecule has 3 heterocycles. The van der Waals surface area contributed by atoms with Gasteiger partial charge >= 0.3 is 0 Å². The number of aromatic nitrogens is 3. The molecule has 10 heteroatoms. The topological polar surface area (TPSA) is 105 Å². The summed E-state index contributed by atoms with van der Waals surface area (Å²) >= 11 is 1.28. The van der Waals surface area contributed by atoms with E-state index in [9.17, 15) is 13.2 Å². The second kappa shape index (κ2) is 8.58. The summed E-state index contributed by atoms with van der Waals surface area (Å²) < 4.78 is 27.8. The SMILES string of the molecule is Cc1nc(-c2ncccn2)sc1C(=O)N1CCC(NS(=O)(=O)c2ccccc2)CC1. The van der Waals surface area contributed by atoms with E-state index in [0.29, 0.717) is 47.3 Å². The van der Waals surface area contributed by atoms with Gasteiger partial charge in [0.1, 0.15) is 4.88 Å². The van der Waals surface area contributed by atoms with Gasteiger partial charge in [0.25, 0.3) is 5.91 Å². The molecule has 1 N–H and O–H groups in total. The van der Waals surface area contributed by atoms with E-state index in [1.54, 1.807) is 60.6 Å². The van der Waals surface area contributed by atoms with Crippen LogP contribution in [0, 0.1) is 6.92 Å². The zero-order valence-electron chi connectivity index (χ0n) is 16.4. The Hall–Kier alpha value is -2.69. The van der Waals surface area contributed by atoms with Gasteiger partial charge in [-0.3, -0.25) is 4.79 Å². The average Bonchev–Trinajstić information content (AvgIpc) is 3.16. The fourth-order valence-electron chi connectivity index (χ4n) is 3.33. The lowest BCUT2D eigenvalue weighted by molar-refractivity contribution is 0.0715. The standard InChI is InChI=1S/C20H21N5O3S2/c1-14-17(29-19(23-14)18-21-10-5-11-22-18)20(26)25-12-8-15(9-13-25)24-30(27,28)16-6-3-2-4-7-16/h2-7,10-11,15,24H,8-9,12-13H2,1H3. The molecular weight excluding hydrogens is 422 g/mol. The molecule has 0 atom stereocenters. The molecule has 1 aliphatic heterocycles. The van der Waals surface area contributed by atoms with Gasteiger partial charge in [-0.1, -0.05) is 18.2 Å². The third-order valence-electron chi connectivity index (χ3n) is 4.91. The molecule has 1 aromatic carbocycles. The highest BCUT2D eigenvalue weighted by Crippen LogP contribution is 2.27. The third kappa shape index (κ3) is 4.40. The molecule has 30 heavy (non-hydrogen) atoms. The maximum absolute atomic E-state index is 13.0. The lowest BCUT2D eigenvalue weighted by Gasteiger charge is -2.32. The van der Waals surface area contributed by atoms with E-state index in [1.807, 2.05) is 0 Å². The zero-order valence-corrected chi connectivity index (χ0v) is 18.0. The fourth-order valence-corrected chi connectivity index (χ4v) is 5.64. The highest BCUT2D eigenvalue weighted by Gasteiger charge is 2.29. The molecule has 8 nitrogen and oxygen atoms in total. The molecule has 1 aliphatic rings. The van der Waals surface area contributed by atoms with Crippen molar-refractivity contribution in [1.82, 2.24) is 24.6 Å². The predicted octanol–water partition coefficient (Wildman–Crippen LogP) is 2.49. The van der Waals surface area contributed by atoms with Gasteiger partial charge in [-0.05, 0) is 38.0 Å². The molecule has 0 spiro atoms. The average molecular weight is 444 g/mol. The molecule has 0 radical (unpaired) electrons. The minimum absolute atomic E-state index is 0.0865. The van der Waals surface area contributed by atoms with Crippen molar-refractivity contribution >= 4 is 27.3 Å². The first-order valence-electron chi connectivity index (χ1n) is 9.55. The summed E-state index contributed by atoms with van der Waals surface area (Å²) in [6.07, 6.45) is 4.40. The van der Waals surface area contributed by atoms with Crippen LogP contribution < -0.4 is 4.72 Å². The van der Waals surface area contributed by atoms with E-state index in [4.69, 9.17) is 0 Å². The predicted molar refractivity (Wildman–Crippen MR) is 114 cm³/mol. The number of rotatable bonds is 5. The smallest absolute Gasteiger partial charge is 0.265 e. The van der Waals surface area contributed by atoms with E-state index in [1.165, 1.54) is 11.3 Å². The second-order valence-electron chi connectivity index (χ2n) is 7.01. The van der Waals surface area contributed by atoms with Gasteiger partial charge in [0, 0.05) is 31.5 Å². The van der Waals surface area contributed by atoms with Crippen molar-refractivity contribution in [2.45, 2.75) is 30.7 Å². The number of piperidine rings is 1. The van der Waals surface area contributed by atoms with Crippen molar-refractivity contribution in [2.75, 3.05) is 13.1 Å². The molecule has 1 amide bonds. The molecule has 156 valence electrons. The third-order valence-corrected chi connectivity index (χ3v) is 7.58. The van der Waals surface area contributed by atoms with Crippen LogP contribution >= 0.6 is 11.3 Å². The second-order valence-corrected chi connectivity index (χ2v) is 9.72. The Kier molecular flexibility index (Phi) is 5.89. The van der Waals surface area contributed by atoms with Crippen LogP contribution in [0.15, 0.2) is 53.7 Å². The summed E-state index contributed by atoms with van der Waals surface area (Å²) in [6.45, 7) is 2.77. The molecule has 0 aliphatic carbocycles. The number of nitrogens with zero attached hydrogens (tertiary/aromatic N) is 4. The molecule has 4 rings (SSSR count). The lowest BCUT2D eigenvalue weighted by atomic mass is 10.1. The van der Waals surface area contributed by atoms with Crippen LogP contribution in [-0.4, -0.2) is 53.3 Å². The molecule has 3 aromatic rings. The van der Waals surface area contributed by atoms with Crippen molar-refractivity contribution in [3.63, 3.8) is 0 Å². The Morgan fingerprint density at radius 1 is 1.10 bits per heavy atom. The van der Waals surface area contributed by atoms with Gasteiger partial charge in [0.15, 0.2) is 10.8 Å². The van der Waals surface area contributed by atoms with Gasteiger partial charge in [-0.2, -0.15) is 0 Å². The zero-order chi connectivity index (χ0) is 21.1. The Bertz CT molecular complexity index is 1130. The Morgan fingerprint density at radius 2 is 1.77 bits per heavy atom. The minimum atomic E-state index is -3.56. The molecular formula is C20H21N5O3S2. The van der Waals surface area contributed by atoms with Crippen LogP contribution in [0.2, 0.25) is 0 Å². The number of aryl methyl sites for hydroxylation is 1. The first-order valence-corrected chi connectivity index (χ1v) is 11.9. The summed E-state index contributed by atoms with van der Waals surface area (Å²) in [5, 5.41) is 0.613. The van der Waals surface area contributed by atoms with Gasteiger partial charge < -0.3 is 4.90 Å². The normalized spacial score (nSPS) is 15.3. The quantitative estimate of drug-likeness (QED) is 0.650. The van der Waals surface area contributed by atoms with E-state index in [-0.39, 0.29) is 16.8 Å². The van der Waals surface area contributed by atoms with E-state index < -0.39 is 10.0 Å². The van der Waals surface area contributed by atoms with Crippen LogP contribution in [0.25, 0.3) is 10.8 Å². The minimum Gasteiger partial charge on any atom is -0.338 e. The molecule has 0 unspecified atom stereocenters. The molecule has 0 bridgehead atoms. The maximum Gasteiger partial charge on any atom is 0.265 e. The monoisotopic (exact) mass is 443 g/mol. The summed E-state index contributed by atoms with van der Waals surface area (Å²) in [4.78, 5) is 28.4. The number of benzene rings is 1. The number of carbonyl (C=O) groups excluding carboxylic acids is 1. The molecule has 1 saturated heterocycles. The van der Waals surface area contributed by atoms with Crippen LogP contribution in [0.1, 0.15) is 28.2 Å². The highest BCUT2D eigenvalue weighted by molar-refractivity contribution is 7.89. The lowest BCUT2D eigenvalue weighted by Crippen LogP contribution is -2.46. The Morgan fingerprint density at radius 3 is 2.43 bits per heavy atom. The van der Waals surface area contributed by atoms with E-state index in [0.717, 1.165) is 0 Å².